The molecule has 1 fully saturated rings. The molecular weight excluding hydrogens is 312 g/mol. The van der Waals surface area contributed by atoms with E-state index in [4.69, 9.17) is 0 Å². The van der Waals surface area contributed by atoms with E-state index in [1.807, 2.05) is 31.2 Å². The molecule has 0 radical (unpaired) electrons. The summed E-state index contributed by atoms with van der Waals surface area (Å²) in [7, 11) is 0. The number of ketones is 1. The molecule has 4 rings (SSSR count). The summed E-state index contributed by atoms with van der Waals surface area (Å²) in [5, 5.41) is 7.76. The van der Waals surface area contributed by atoms with E-state index in [1.54, 1.807) is 10.8 Å². The van der Waals surface area contributed by atoms with Crippen molar-refractivity contribution in [3.63, 3.8) is 0 Å². The first kappa shape index (κ1) is 14.3. The minimum Gasteiger partial charge on any atom is -0.360 e. The van der Waals surface area contributed by atoms with Crippen molar-refractivity contribution in [1.29, 1.82) is 0 Å². The number of carbonyl (C=O) groups is 1. The third kappa shape index (κ3) is 2.50. The molecule has 1 aliphatic carbocycles. The summed E-state index contributed by atoms with van der Waals surface area (Å²) in [5.74, 6) is 0.0326. The lowest BCUT2D eigenvalue weighted by atomic mass is 10.1. The quantitative estimate of drug-likeness (QED) is 0.557. The second-order valence-corrected chi connectivity index (χ2v) is 7.09. The predicted molar refractivity (Wildman–Crippen MR) is 89.1 cm³/mol. The van der Waals surface area contributed by atoms with Gasteiger partial charge in [0.05, 0.1) is 5.25 Å². The van der Waals surface area contributed by atoms with Gasteiger partial charge in [-0.3, -0.25) is 9.36 Å². The molecule has 7 heteroatoms. The van der Waals surface area contributed by atoms with Crippen LogP contribution in [0.5, 0.6) is 0 Å². The van der Waals surface area contributed by atoms with Gasteiger partial charge in [-0.15, -0.1) is 5.10 Å². The lowest BCUT2D eigenvalue weighted by Crippen LogP contribution is -2.18. The maximum atomic E-state index is 12.8. The molecule has 23 heavy (non-hydrogen) atoms. The van der Waals surface area contributed by atoms with Crippen molar-refractivity contribution in [1.82, 2.24) is 19.7 Å². The number of hydrogen-bond acceptors (Lipinski definition) is 4. The van der Waals surface area contributed by atoms with Gasteiger partial charge in [0.15, 0.2) is 10.9 Å². The molecule has 0 spiro atoms. The van der Waals surface area contributed by atoms with Gasteiger partial charge in [-0.1, -0.05) is 30.0 Å². The number of Topliss-reactive ketones (excluding diaryl/α,β-unsaturated/α-hetero) is 1. The third-order valence-corrected chi connectivity index (χ3v) is 5.16. The second-order valence-electron chi connectivity index (χ2n) is 5.78. The minimum absolute atomic E-state index is 0.0326. The topological polar surface area (TPSA) is 83.5 Å². The SMILES string of the molecule is C[C@H](Sc1n[nH]c(=O)n1C1CC1)C(=O)c1c[nH]c2ccccc12. The van der Waals surface area contributed by atoms with Crippen LogP contribution in [0, 0.1) is 0 Å². The van der Waals surface area contributed by atoms with Crippen LogP contribution in [0.1, 0.15) is 36.2 Å². The third-order valence-electron chi connectivity index (χ3n) is 4.09. The second kappa shape index (κ2) is 5.42. The summed E-state index contributed by atoms with van der Waals surface area (Å²) < 4.78 is 1.67. The largest absolute Gasteiger partial charge is 0.360 e. The summed E-state index contributed by atoms with van der Waals surface area (Å²) >= 11 is 1.33. The zero-order valence-electron chi connectivity index (χ0n) is 12.6. The maximum Gasteiger partial charge on any atom is 0.344 e. The van der Waals surface area contributed by atoms with Crippen molar-refractivity contribution in [2.45, 2.75) is 36.2 Å². The van der Waals surface area contributed by atoms with E-state index in [0.29, 0.717) is 10.7 Å². The molecule has 0 amide bonds. The zero-order chi connectivity index (χ0) is 16.0. The molecule has 2 aromatic heterocycles. The number of aromatic nitrogens is 4. The molecule has 0 unspecified atom stereocenters. The first-order valence-corrected chi connectivity index (χ1v) is 8.47. The monoisotopic (exact) mass is 328 g/mol. The molecule has 1 aromatic carbocycles. The van der Waals surface area contributed by atoms with Crippen LogP contribution in [-0.2, 0) is 0 Å². The maximum absolute atomic E-state index is 12.8. The van der Waals surface area contributed by atoms with Gasteiger partial charge in [0, 0.05) is 28.7 Å². The molecule has 6 nitrogen and oxygen atoms in total. The molecule has 3 aromatic rings. The molecule has 1 aliphatic rings. The summed E-state index contributed by atoms with van der Waals surface area (Å²) in [4.78, 5) is 27.7. The van der Waals surface area contributed by atoms with Crippen molar-refractivity contribution in [3.05, 3.63) is 46.5 Å². The number of aromatic amines is 2. The number of para-hydroxylation sites is 1. The fourth-order valence-electron chi connectivity index (χ4n) is 2.73. The first-order chi connectivity index (χ1) is 11.1. The van der Waals surface area contributed by atoms with E-state index in [0.717, 1.165) is 23.7 Å². The normalized spacial score (nSPS) is 15.9. The highest BCUT2D eigenvalue weighted by Crippen LogP contribution is 2.37. The number of carbonyl (C=O) groups excluding carboxylic acids is 1. The number of nitrogens with zero attached hydrogens (tertiary/aromatic N) is 2. The fraction of sp³-hybridized carbons (Fsp3) is 0.312. The molecule has 0 saturated heterocycles. The van der Waals surface area contributed by atoms with Gasteiger partial charge in [0.25, 0.3) is 0 Å². The van der Waals surface area contributed by atoms with Crippen LogP contribution in [0.15, 0.2) is 40.4 Å². The number of benzene rings is 1. The van der Waals surface area contributed by atoms with Gasteiger partial charge in [-0.05, 0) is 25.8 Å². The fourth-order valence-corrected chi connectivity index (χ4v) is 3.73. The standard InChI is InChI=1S/C16H16N4O2S/c1-9(23-16-19-18-15(22)20(16)10-6-7-10)14(21)12-8-17-13-5-3-2-4-11(12)13/h2-5,8-10,17H,6-7H2,1H3,(H,18,22)/t9-/m0/s1. The molecule has 1 saturated carbocycles. The highest BCUT2D eigenvalue weighted by atomic mass is 32.2. The molecule has 0 aliphatic heterocycles. The molecule has 118 valence electrons. The average molecular weight is 328 g/mol. The van der Waals surface area contributed by atoms with Crippen LogP contribution >= 0.6 is 11.8 Å². The van der Waals surface area contributed by atoms with Crippen LogP contribution in [-0.4, -0.2) is 30.8 Å². The van der Waals surface area contributed by atoms with E-state index >= 15 is 0 Å². The average Bonchev–Trinajstić information content (AvgIpc) is 3.19. The van der Waals surface area contributed by atoms with E-state index in [9.17, 15) is 9.59 Å². The Morgan fingerprint density at radius 1 is 1.39 bits per heavy atom. The molecule has 2 heterocycles. The lowest BCUT2D eigenvalue weighted by Gasteiger charge is -2.09. The number of hydrogen-bond donors (Lipinski definition) is 2. The Labute approximate surface area is 136 Å². The van der Waals surface area contributed by atoms with Crippen LogP contribution in [0.3, 0.4) is 0 Å². The summed E-state index contributed by atoms with van der Waals surface area (Å²) in [5.41, 5.74) is 1.43. The van der Waals surface area contributed by atoms with Crippen molar-refractivity contribution < 1.29 is 4.79 Å². The summed E-state index contributed by atoms with van der Waals surface area (Å²) in [6.07, 6.45) is 3.75. The molecule has 1 atom stereocenters. The smallest absolute Gasteiger partial charge is 0.344 e. The Bertz CT molecular complexity index is 935. The number of H-pyrrole nitrogens is 2. The number of thioether (sulfide) groups is 1. The Hall–Kier alpha value is -2.28. The van der Waals surface area contributed by atoms with E-state index in [-0.39, 0.29) is 22.8 Å². The van der Waals surface area contributed by atoms with Crippen molar-refractivity contribution >= 4 is 28.4 Å². The Morgan fingerprint density at radius 3 is 2.96 bits per heavy atom. The summed E-state index contributed by atoms with van der Waals surface area (Å²) in [6, 6.07) is 7.97. The van der Waals surface area contributed by atoms with Gasteiger partial charge < -0.3 is 4.98 Å². The van der Waals surface area contributed by atoms with Crippen molar-refractivity contribution in [3.8, 4) is 0 Å². The number of rotatable bonds is 5. The lowest BCUT2D eigenvalue weighted by molar-refractivity contribution is 0.0995. The molecular formula is C16H16N4O2S. The van der Waals surface area contributed by atoms with Gasteiger partial charge >= 0.3 is 5.69 Å². The number of fused-ring (bicyclic) bond motifs is 1. The highest BCUT2D eigenvalue weighted by Gasteiger charge is 2.30. The van der Waals surface area contributed by atoms with Gasteiger partial charge in [0.2, 0.25) is 0 Å². The molecule has 0 bridgehead atoms. The predicted octanol–water partition coefficient (Wildman–Crippen LogP) is 2.75. The van der Waals surface area contributed by atoms with E-state index in [2.05, 4.69) is 15.2 Å². The van der Waals surface area contributed by atoms with Gasteiger partial charge in [-0.2, -0.15) is 0 Å². The Balaban J connectivity index is 1.61. The Morgan fingerprint density at radius 2 is 2.17 bits per heavy atom. The van der Waals surface area contributed by atoms with Crippen molar-refractivity contribution in [2.24, 2.45) is 0 Å². The van der Waals surface area contributed by atoms with E-state index < -0.39 is 0 Å². The van der Waals surface area contributed by atoms with E-state index in [1.165, 1.54) is 11.8 Å². The number of nitrogens with one attached hydrogen (secondary N) is 2. The summed E-state index contributed by atoms with van der Waals surface area (Å²) in [6.45, 7) is 1.85. The van der Waals surface area contributed by atoms with Crippen LogP contribution in [0.4, 0.5) is 0 Å². The van der Waals surface area contributed by atoms with Gasteiger partial charge in [0.1, 0.15) is 0 Å². The zero-order valence-corrected chi connectivity index (χ0v) is 13.4. The first-order valence-electron chi connectivity index (χ1n) is 7.59. The molecule has 2 N–H and O–H groups in total. The highest BCUT2D eigenvalue weighted by molar-refractivity contribution is 8.00. The van der Waals surface area contributed by atoms with Crippen LogP contribution in [0.2, 0.25) is 0 Å². The van der Waals surface area contributed by atoms with Crippen molar-refractivity contribution in [2.75, 3.05) is 0 Å². The Kier molecular flexibility index (Phi) is 3.37. The minimum atomic E-state index is -0.318. The van der Waals surface area contributed by atoms with Gasteiger partial charge in [-0.25, -0.2) is 9.89 Å². The van der Waals surface area contributed by atoms with Crippen LogP contribution in [0.25, 0.3) is 10.9 Å². The van der Waals surface area contributed by atoms with Crippen LogP contribution < -0.4 is 5.69 Å².